The second kappa shape index (κ2) is 34.0. The number of unbranched alkanes of at least 4 members (excludes halogenated alkanes) is 19. The Morgan fingerprint density at radius 3 is 0.789 bits per heavy atom. The van der Waals surface area contributed by atoms with Gasteiger partial charge in [-0.25, -0.2) is 0 Å². The van der Waals surface area contributed by atoms with Crippen LogP contribution in [0, 0.1) is 0 Å². The van der Waals surface area contributed by atoms with Crippen LogP contribution in [0.3, 0.4) is 0 Å². The van der Waals surface area contributed by atoms with Gasteiger partial charge in [0.2, 0.25) is 0 Å². The Morgan fingerprint density at radius 2 is 0.465 bits per heavy atom. The molecule has 0 fully saturated rings. The zero-order valence-corrected chi connectivity index (χ0v) is 45.9. The van der Waals surface area contributed by atoms with Gasteiger partial charge in [0.1, 0.15) is 5.75 Å². The zero-order valence-electron chi connectivity index (χ0n) is 45.9. The van der Waals surface area contributed by atoms with Gasteiger partial charge in [-0.3, -0.25) is 0 Å². The lowest BCUT2D eigenvalue weighted by Gasteiger charge is -2.21. The predicted molar refractivity (Wildman–Crippen MR) is 303 cm³/mol. The maximum absolute atomic E-state index is 6.95. The molecule has 7 nitrogen and oxygen atoms in total. The highest BCUT2D eigenvalue weighted by molar-refractivity contribution is 6.27. The highest BCUT2D eigenvalue weighted by atomic mass is 16.5. The van der Waals surface area contributed by atoms with E-state index in [-0.39, 0.29) is 0 Å². The van der Waals surface area contributed by atoms with Crippen molar-refractivity contribution in [1.29, 1.82) is 0 Å². The summed E-state index contributed by atoms with van der Waals surface area (Å²) in [6, 6.07) is 20.1. The van der Waals surface area contributed by atoms with Gasteiger partial charge in [-0.1, -0.05) is 177 Å². The van der Waals surface area contributed by atoms with Crippen LogP contribution in [0.25, 0.3) is 43.4 Å². The average Bonchev–Trinajstić information content (AvgIpc) is 3.38. The Kier molecular flexibility index (Phi) is 27.5. The molecular weight excluding hydrogens is 881 g/mol. The molecule has 394 valence electrons. The van der Waals surface area contributed by atoms with Crippen molar-refractivity contribution in [3.8, 4) is 51.4 Å². The summed E-state index contributed by atoms with van der Waals surface area (Å²) in [6.07, 6.45) is 29.3. The van der Waals surface area contributed by atoms with Crippen molar-refractivity contribution in [2.24, 2.45) is 0 Å². The van der Waals surface area contributed by atoms with E-state index in [4.69, 9.17) is 33.2 Å². The highest BCUT2D eigenvalue weighted by Gasteiger charge is 2.22. The smallest absolute Gasteiger partial charge is 0.161 e. The minimum absolute atomic E-state index is 0.639. The molecule has 0 aliphatic heterocycles. The summed E-state index contributed by atoms with van der Waals surface area (Å²) in [5.74, 6) is 5.65. The Balaban J connectivity index is 1.80. The highest BCUT2D eigenvalue weighted by Crippen LogP contribution is 2.48. The molecule has 0 bridgehead atoms. The van der Waals surface area contributed by atoms with Crippen LogP contribution >= 0.6 is 0 Å². The standard InChI is InChI=1S/C64H96O7/c1-8-15-22-29-38-66-59-45-53-52(44-51(59)50-34-35-58(65-36-27-20-13-6)60(43-50)67-37-28-21-14-7)54-46-61(68-39-30-23-16-9-2)63(70-41-32-25-18-11-4)48-56(54)57-49-64(71-42-33-26-19-12-5)62(47-55(53)57)69-40-31-24-17-10-3/h34-35,43-49H,8-33,36-42H2,1-7H3. The first-order chi connectivity index (χ1) is 35.0. The van der Waals surface area contributed by atoms with E-state index in [0.29, 0.717) is 46.2 Å². The van der Waals surface area contributed by atoms with E-state index in [9.17, 15) is 0 Å². The molecule has 0 spiro atoms. The number of benzene rings is 5. The van der Waals surface area contributed by atoms with Crippen molar-refractivity contribution in [1.82, 2.24) is 0 Å². The zero-order chi connectivity index (χ0) is 50.3. The van der Waals surface area contributed by atoms with Crippen molar-refractivity contribution in [3.05, 3.63) is 54.6 Å². The van der Waals surface area contributed by atoms with E-state index < -0.39 is 0 Å². The minimum atomic E-state index is 0.639. The molecule has 0 saturated heterocycles. The summed E-state index contributed by atoms with van der Waals surface area (Å²) in [6.45, 7) is 20.3. The van der Waals surface area contributed by atoms with Crippen LogP contribution in [0.1, 0.15) is 215 Å². The third kappa shape index (κ3) is 18.5. The summed E-state index contributed by atoms with van der Waals surface area (Å²) in [5, 5.41) is 6.66. The van der Waals surface area contributed by atoms with Crippen LogP contribution in [0.5, 0.6) is 40.2 Å². The van der Waals surface area contributed by atoms with E-state index >= 15 is 0 Å². The van der Waals surface area contributed by atoms with Gasteiger partial charge in [0.25, 0.3) is 0 Å². The second-order valence-electron chi connectivity index (χ2n) is 19.9. The van der Waals surface area contributed by atoms with Crippen molar-refractivity contribution in [3.63, 3.8) is 0 Å². The summed E-state index contributed by atoms with van der Waals surface area (Å²) in [5.41, 5.74) is 2.07. The van der Waals surface area contributed by atoms with Crippen LogP contribution in [-0.4, -0.2) is 46.2 Å². The van der Waals surface area contributed by atoms with Gasteiger partial charge in [0, 0.05) is 5.56 Å². The molecule has 0 aliphatic carbocycles. The minimum Gasteiger partial charge on any atom is -0.493 e. The van der Waals surface area contributed by atoms with Crippen LogP contribution < -0.4 is 33.2 Å². The van der Waals surface area contributed by atoms with Crippen LogP contribution in [0.4, 0.5) is 0 Å². The molecule has 0 radical (unpaired) electrons. The Labute approximate surface area is 431 Å². The van der Waals surface area contributed by atoms with Gasteiger partial charge in [-0.05, 0) is 131 Å². The summed E-state index contributed by atoms with van der Waals surface area (Å²) < 4.78 is 46.9. The number of hydrogen-bond acceptors (Lipinski definition) is 7. The maximum Gasteiger partial charge on any atom is 0.161 e. The first-order valence-corrected chi connectivity index (χ1v) is 29.1. The third-order valence-corrected chi connectivity index (χ3v) is 13.7. The molecule has 5 rings (SSSR count). The van der Waals surface area contributed by atoms with Gasteiger partial charge in [0.15, 0.2) is 34.5 Å². The quantitative estimate of drug-likeness (QED) is 0.0286. The molecule has 0 saturated carbocycles. The first kappa shape index (κ1) is 57.4. The number of rotatable bonds is 41. The normalized spacial score (nSPS) is 11.5. The van der Waals surface area contributed by atoms with Crippen molar-refractivity contribution in [2.45, 2.75) is 215 Å². The molecule has 0 amide bonds. The van der Waals surface area contributed by atoms with E-state index in [0.717, 1.165) is 186 Å². The van der Waals surface area contributed by atoms with Gasteiger partial charge in [-0.2, -0.15) is 0 Å². The summed E-state index contributed by atoms with van der Waals surface area (Å²) in [4.78, 5) is 0. The van der Waals surface area contributed by atoms with Crippen molar-refractivity contribution >= 4 is 32.3 Å². The molecule has 7 heteroatoms. The van der Waals surface area contributed by atoms with Crippen molar-refractivity contribution < 1.29 is 33.2 Å². The van der Waals surface area contributed by atoms with Gasteiger partial charge >= 0.3 is 0 Å². The van der Waals surface area contributed by atoms with E-state index in [2.05, 4.69) is 103 Å². The second-order valence-corrected chi connectivity index (χ2v) is 19.9. The lowest BCUT2D eigenvalue weighted by Crippen LogP contribution is -2.04. The van der Waals surface area contributed by atoms with E-state index in [1.54, 1.807) is 0 Å². The molecule has 0 N–H and O–H groups in total. The van der Waals surface area contributed by atoms with Crippen LogP contribution in [0.15, 0.2) is 54.6 Å². The lowest BCUT2D eigenvalue weighted by atomic mass is 9.90. The molecule has 0 unspecified atom stereocenters. The fraction of sp³-hybridized carbons (Fsp3) is 0.625. The Bertz CT molecular complexity index is 2200. The molecule has 5 aromatic carbocycles. The molecule has 71 heavy (non-hydrogen) atoms. The molecular formula is C64H96O7. The van der Waals surface area contributed by atoms with Gasteiger partial charge in [-0.15, -0.1) is 0 Å². The number of fused-ring (bicyclic) bond motifs is 6. The third-order valence-electron chi connectivity index (χ3n) is 13.7. The summed E-state index contributed by atoms with van der Waals surface area (Å²) >= 11 is 0. The van der Waals surface area contributed by atoms with E-state index in [1.807, 2.05) is 0 Å². The first-order valence-electron chi connectivity index (χ1n) is 29.1. The number of hydrogen-bond donors (Lipinski definition) is 0. The molecule has 0 aromatic heterocycles. The maximum atomic E-state index is 6.95. The fourth-order valence-electron chi connectivity index (χ4n) is 9.36. The molecule has 0 atom stereocenters. The molecule has 5 aromatic rings. The number of ether oxygens (including phenoxy) is 7. The van der Waals surface area contributed by atoms with Gasteiger partial charge in [0.05, 0.1) is 46.2 Å². The monoisotopic (exact) mass is 977 g/mol. The average molecular weight is 977 g/mol. The Hall–Kier alpha value is -4.52. The molecule has 0 aliphatic rings. The predicted octanol–water partition coefficient (Wildman–Crippen LogP) is 19.7. The largest absolute Gasteiger partial charge is 0.493 e. The van der Waals surface area contributed by atoms with Crippen LogP contribution in [-0.2, 0) is 0 Å². The van der Waals surface area contributed by atoms with Gasteiger partial charge < -0.3 is 33.2 Å². The topological polar surface area (TPSA) is 64.6 Å². The SMILES string of the molecule is CCCCCCOc1cc2c3cc(OCCCCCC)c(OCCCCCC)cc3c3cc(-c4ccc(OCCCCC)c(OCCCCC)c4)c(OCCCCCC)cc3c2cc1OCCCCCC. The lowest BCUT2D eigenvalue weighted by molar-refractivity contribution is 0.259. The molecule has 0 heterocycles. The fourth-order valence-corrected chi connectivity index (χ4v) is 9.36. The van der Waals surface area contributed by atoms with Crippen LogP contribution in [0.2, 0.25) is 0 Å². The van der Waals surface area contributed by atoms with Crippen molar-refractivity contribution in [2.75, 3.05) is 46.2 Å². The summed E-state index contributed by atoms with van der Waals surface area (Å²) in [7, 11) is 0. The Morgan fingerprint density at radius 1 is 0.225 bits per heavy atom. The van der Waals surface area contributed by atoms with E-state index in [1.165, 1.54) is 64.2 Å².